The highest BCUT2D eigenvalue weighted by molar-refractivity contribution is 5.68. The summed E-state index contributed by atoms with van der Waals surface area (Å²) in [5.41, 5.74) is 1.36. The van der Waals surface area contributed by atoms with E-state index in [0.29, 0.717) is 18.7 Å². The quantitative estimate of drug-likeness (QED) is 0.785. The number of hydrogen-bond acceptors (Lipinski definition) is 3. The van der Waals surface area contributed by atoms with Crippen LogP contribution < -0.4 is 0 Å². The molecule has 0 aliphatic carbocycles. The van der Waals surface area contributed by atoms with Crippen molar-refractivity contribution in [2.75, 3.05) is 13.1 Å². The van der Waals surface area contributed by atoms with Crippen molar-refractivity contribution in [2.24, 2.45) is 5.92 Å². The Balaban J connectivity index is 1.96. The summed E-state index contributed by atoms with van der Waals surface area (Å²) in [4.78, 5) is 13.9. The summed E-state index contributed by atoms with van der Waals surface area (Å²) in [6, 6.07) is 9.71. The zero-order valence-corrected chi connectivity index (χ0v) is 13.4. The van der Waals surface area contributed by atoms with Gasteiger partial charge in [0.15, 0.2) is 0 Å². The molecular weight excluding hydrogens is 276 g/mol. The van der Waals surface area contributed by atoms with Crippen LogP contribution in [-0.4, -0.2) is 29.7 Å². The van der Waals surface area contributed by atoms with Crippen molar-refractivity contribution in [1.82, 2.24) is 4.90 Å². The molecule has 0 radical (unpaired) electrons. The molecule has 0 aromatic heterocycles. The molecular formula is C18H22N2O2. The van der Waals surface area contributed by atoms with E-state index in [4.69, 9.17) is 10.00 Å². The number of nitrogens with zero attached hydrogens (tertiary/aromatic N) is 2. The van der Waals surface area contributed by atoms with Crippen molar-refractivity contribution in [3.8, 4) is 6.07 Å². The predicted octanol–water partition coefficient (Wildman–Crippen LogP) is 3.52. The Labute approximate surface area is 132 Å². The van der Waals surface area contributed by atoms with Crippen molar-refractivity contribution in [1.29, 1.82) is 5.26 Å². The topological polar surface area (TPSA) is 53.3 Å². The molecule has 0 saturated heterocycles. The molecule has 0 saturated carbocycles. The maximum Gasteiger partial charge on any atom is 0.410 e. The molecule has 116 valence electrons. The normalized spacial score (nSPS) is 17.9. The van der Waals surface area contributed by atoms with Crippen LogP contribution in [-0.2, 0) is 11.2 Å². The van der Waals surface area contributed by atoms with Crippen LogP contribution in [0, 0.1) is 17.2 Å². The van der Waals surface area contributed by atoms with Crippen molar-refractivity contribution in [3.63, 3.8) is 0 Å². The Morgan fingerprint density at radius 2 is 2.05 bits per heavy atom. The summed E-state index contributed by atoms with van der Waals surface area (Å²) in [7, 11) is 0. The molecule has 1 aliphatic rings. The third-order valence-corrected chi connectivity index (χ3v) is 3.42. The minimum Gasteiger partial charge on any atom is -0.444 e. The largest absolute Gasteiger partial charge is 0.444 e. The highest BCUT2D eigenvalue weighted by Gasteiger charge is 2.25. The van der Waals surface area contributed by atoms with Gasteiger partial charge in [-0.3, -0.25) is 0 Å². The number of nitriles is 1. The van der Waals surface area contributed by atoms with Crippen molar-refractivity contribution < 1.29 is 9.53 Å². The number of rotatable bonds is 2. The number of amides is 1. The summed E-state index contributed by atoms with van der Waals surface area (Å²) in [5, 5.41) is 8.82. The first-order valence-electron chi connectivity index (χ1n) is 7.51. The SMILES string of the molecule is CC(C)(C)OC(=O)N1CC=CC(Cc2ccc(C#N)cc2)C1. The number of hydrogen-bond donors (Lipinski definition) is 0. The third kappa shape index (κ3) is 4.63. The molecule has 4 heteroatoms. The van der Waals surface area contributed by atoms with E-state index in [1.54, 1.807) is 4.90 Å². The van der Waals surface area contributed by atoms with E-state index in [1.807, 2.05) is 51.1 Å². The molecule has 1 unspecified atom stereocenters. The predicted molar refractivity (Wildman–Crippen MR) is 85.3 cm³/mol. The highest BCUT2D eigenvalue weighted by Crippen LogP contribution is 2.18. The lowest BCUT2D eigenvalue weighted by Crippen LogP contribution is -2.41. The van der Waals surface area contributed by atoms with Crippen LogP contribution in [0.15, 0.2) is 36.4 Å². The number of benzene rings is 1. The van der Waals surface area contributed by atoms with Crippen molar-refractivity contribution >= 4 is 6.09 Å². The molecule has 1 heterocycles. The lowest BCUT2D eigenvalue weighted by atomic mass is 9.96. The molecule has 1 amide bonds. The van der Waals surface area contributed by atoms with Gasteiger partial charge in [0.2, 0.25) is 0 Å². The van der Waals surface area contributed by atoms with E-state index < -0.39 is 5.60 Å². The van der Waals surface area contributed by atoms with Crippen LogP contribution in [0.2, 0.25) is 0 Å². The molecule has 22 heavy (non-hydrogen) atoms. The highest BCUT2D eigenvalue weighted by atomic mass is 16.6. The van der Waals surface area contributed by atoms with E-state index in [1.165, 1.54) is 5.56 Å². The molecule has 0 fully saturated rings. The fourth-order valence-corrected chi connectivity index (χ4v) is 2.43. The Bertz CT molecular complexity index is 591. The Hall–Kier alpha value is -2.28. The molecule has 0 spiro atoms. The van der Waals surface area contributed by atoms with Gasteiger partial charge in [0.05, 0.1) is 11.6 Å². The van der Waals surface area contributed by atoms with Crippen LogP contribution in [0.25, 0.3) is 0 Å². The van der Waals surface area contributed by atoms with Gasteiger partial charge < -0.3 is 9.64 Å². The van der Waals surface area contributed by atoms with E-state index in [9.17, 15) is 4.79 Å². The zero-order chi connectivity index (χ0) is 16.2. The number of carbonyl (C=O) groups is 1. The maximum atomic E-state index is 12.1. The molecule has 1 atom stereocenters. The number of ether oxygens (including phenoxy) is 1. The van der Waals surface area contributed by atoms with E-state index in [0.717, 1.165) is 6.42 Å². The first-order chi connectivity index (χ1) is 10.4. The molecule has 1 aromatic carbocycles. The van der Waals surface area contributed by atoms with Gasteiger partial charge in [0, 0.05) is 13.1 Å². The minimum atomic E-state index is -0.471. The van der Waals surface area contributed by atoms with Crippen LogP contribution in [0.4, 0.5) is 4.79 Å². The van der Waals surface area contributed by atoms with Gasteiger partial charge in [-0.05, 0) is 50.8 Å². The Kier molecular flexibility index (Phi) is 4.87. The second-order valence-corrected chi connectivity index (χ2v) is 6.59. The summed E-state index contributed by atoms with van der Waals surface area (Å²) < 4.78 is 5.42. The minimum absolute atomic E-state index is 0.262. The first-order valence-corrected chi connectivity index (χ1v) is 7.51. The fraction of sp³-hybridized carbons (Fsp3) is 0.444. The fourth-order valence-electron chi connectivity index (χ4n) is 2.43. The lowest BCUT2D eigenvalue weighted by Gasteiger charge is -2.31. The Morgan fingerprint density at radius 3 is 2.64 bits per heavy atom. The van der Waals surface area contributed by atoms with Gasteiger partial charge in [0.1, 0.15) is 5.60 Å². The van der Waals surface area contributed by atoms with Crippen LogP contribution in [0.5, 0.6) is 0 Å². The average molecular weight is 298 g/mol. The summed E-state index contributed by atoms with van der Waals surface area (Å²) in [6.07, 6.45) is 4.75. The summed E-state index contributed by atoms with van der Waals surface area (Å²) >= 11 is 0. The second kappa shape index (κ2) is 6.65. The third-order valence-electron chi connectivity index (χ3n) is 3.42. The maximum absolute atomic E-state index is 12.1. The van der Waals surface area contributed by atoms with Gasteiger partial charge in [-0.1, -0.05) is 24.3 Å². The van der Waals surface area contributed by atoms with Gasteiger partial charge in [-0.2, -0.15) is 5.26 Å². The molecule has 1 aromatic rings. The molecule has 1 aliphatic heterocycles. The standard InChI is InChI=1S/C18H22N2O2/c1-18(2,3)22-17(21)20-10-4-5-16(13-20)11-14-6-8-15(12-19)9-7-14/h4-9,16H,10-11,13H2,1-3H3. The smallest absolute Gasteiger partial charge is 0.410 e. The average Bonchev–Trinajstić information content (AvgIpc) is 2.46. The van der Waals surface area contributed by atoms with Gasteiger partial charge >= 0.3 is 6.09 Å². The van der Waals surface area contributed by atoms with Gasteiger partial charge in [-0.15, -0.1) is 0 Å². The van der Waals surface area contributed by atoms with E-state index in [-0.39, 0.29) is 12.0 Å². The van der Waals surface area contributed by atoms with Crippen LogP contribution in [0.1, 0.15) is 31.9 Å². The second-order valence-electron chi connectivity index (χ2n) is 6.59. The summed E-state index contributed by atoms with van der Waals surface area (Å²) in [5.74, 6) is 0.272. The van der Waals surface area contributed by atoms with Gasteiger partial charge in [-0.25, -0.2) is 4.79 Å². The number of carbonyl (C=O) groups excluding carboxylic acids is 1. The first kappa shape index (κ1) is 16.1. The molecule has 4 nitrogen and oxygen atoms in total. The van der Waals surface area contributed by atoms with Crippen LogP contribution >= 0.6 is 0 Å². The van der Waals surface area contributed by atoms with Crippen molar-refractivity contribution in [2.45, 2.75) is 32.8 Å². The monoisotopic (exact) mass is 298 g/mol. The van der Waals surface area contributed by atoms with E-state index in [2.05, 4.69) is 12.1 Å². The van der Waals surface area contributed by atoms with E-state index >= 15 is 0 Å². The lowest BCUT2D eigenvalue weighted by molar-refractivity contribution is 0.0244. The molecule has 0 N–H and O–H groups in total. The molecule has 2 rings (SSSR count). The molecule has 0 bridgehead atoms. The Morgan fingerprint density at radius 1 is 1.36 bits per heavy atom. The zero-order valence-electron chi connectivity index (χ0n) is 13.4. The van der Waals surface area contributed by atoms with Crippen LogP contribution in [0.3, 0.4) is 0 Å². The van der Waals surface area contributed by atoms with Crippen molar-refractivity contribution in [3.05, 3.63) is 47.5 Å². The van der Waals surface area contributed by atoms with Gasteiger partial charge in [0.25, 0.3) is 0 Å². The summed E-state index contributed by atoms with van der Waals surface area (Å²) in [6.45, 7) is 6.88.